The molecule has 2 aromatic rings. The first-order valence-electron chi connectivity index (χ1n) is 11.6. The van der Waals surface area contributed by atoms with Crippen LogP contribution in [0.5, 0.6) is 0 Å². The maximum Gasteiger partial charge on any atom is 0.278 e. The van der Waals surface area contributed by atoms with Gasteiger partial charge in [-0.25, -0.2) is 4.57 Å². The van der Waals surface area contributed by atoms with E-state index in [0.29, 0.717) is 23.3 Å². The molecule has 2 aliphatic heterocycles. The molecule has 1 aliphatic carbocycles. The van der Waals surface area contributed by atoms with Crippen LogP contribution in [0.1, 0.15) is 24.2 Å². The van der Waals surface area contributed by atoms with Crippen LogP contribution in [-0.4, -0.2) is 66.1 Å². The molecule has 2 amide bonds. The standard InChI is InChI=1S/C23H23N7O6S2/c24-23-26-18(28-38-23)15(27-36-14-3-1-2-4-14)19(32)25-16-20(33)30-17(22(34)35)13(11-37-21(16)30)9-29-7-5-12(10-31)6-8-29/h1,3,5-8,14,16,21,31H,2,4,9-11H2,(H3-,24,25,26,28,32,34,35)/t14?,16?,21-/m1/s1. The Morgan fingerprint density at radius 1 is 1.37 bits per heavy atom. The van der Waals surface area contributed by atoms with E-state index in [1.165, 1.54) is 11.8 Å². The van der Waals surface area contributed by atoms with E-state index in [0.717, 1.165) is 22.9 Å². The number of fused-ring (bicyclic) bond motifs is 1. The summed E-state index contributed by atoms with van der Waals surface area (Å²) in [5.41, 5.74) is 6.44. The fourth-order valence-electron chi connectivity index (χ4n) is 4.25. The van der Waals surface area contributed by atoms with Crippen LogP contribution in [0.3, 0.4) is 0 Å². The number of anilines is 1. The SMILES string of the molecule is Nc1nc(C(=NOC2C=CCC2)C(=O)NC2C(=O)N3C(C(=O)[O-])=C(C[n+]4ccc(CO)cc4)CS[C@H]23)ns1. The Morgan fingerprint density at radius 2 is 2.16 bits per heavy atom. The maximum atomic E-state index is 13.2. The number of carbonyl (C=O) groups is 3. The summed E-state index contributed by atoms with van der Waals surface area (Å²) >= 11 is 2.21. The minimum absolute atomic E-state index is 0.0336. The quantitative estimate of drug-likeness (QED) is 0.107. The van der Waals surface area contributed by atoms with E-state index in [1.807, 2.05) is 12.2 Å². The van der Waals surface area contributed by atoms with E-state index in [2.05, 4.69) is 19.8 Å². The number of aromatic nitrogens is 3. The van der Waals surface area contributed by atoms with E-state index >= 15 is 0 Å². The second-order valence-corrected chi connectivity index (χ2v) is 10.6. The molecular formula is C23H23N7O6S2. The van der Waals surface area contributed by atoms with Crippen molar-refractivity contribution < 1.29 is 34.0 Å². The number of carboxylic acid groups (broad SMARTS) is 1. The highest BCUT2D eigenvalue weighted by atomic mass is 32.2. The number of rotatable bonds is 9. The minimum atomic E-state index is -1.47. The molecule has 4 heterocycles. The van der Waals surface area contributed by atoms with Gasteiger partial charge in [0.25, 0.3) is 11.8 Å². The van der Waals surface area contributed by atoms with Gasteiger partial charge >= 0.3 is 0 Å². The van der Waals surface area contributed by atoms with Gasteiger partial charge in [-0.1, -0.05) is 11.2 Å². The summed E-state index contributed by atoms with van der Waals surface area (Å²) in [5.74, 6) is -2.53. The lowest BCUT2D eigenvalue weighted by atomic mass is 10.0. The zero-order valence-corrected chi connectivity index (χ0v) is 21.5. The number of hydrogen-bond acceptors (Lipinski definition) is 12. The number of nitrogens with zero attached hydrogens (tertiary/aromatic N) is 5. The van der Waals surface area contributed by atoms with Gasteiger partial charge in [-0.2, -0.15) is 9.36 Å². The second kappa shape index (κ2) is 10.9. The third kappa shape index (κ3) is 5.12. The predicted octanol–water partition coefficient (Wildman–Crippen LogP) is -1.56. The van der Waals surface area contributed by atoms with Crippen molar-refractivity contribution in [1.29, 1.82) is 0 Å². The molecule has 0 radical (unpaired) electrons. The van der Waals surface area contributed by atoms with Gasteiger partial charge in [-0.05, 0) is 24.5 Å². The number of nitrogens with two attached hydrogens (primary N) is 1. The van der Waals surface area contributed by atoms with Crippen molar-refractivity contribution in [2.75, 3.05) is 11.5 Å². The van der Waals surface area contributed by atoms with Crippen LogP contribution in [0.4, 0.5) is 5.13 Å². The van der Waals surface area contributed by atoms with Crippen molar-refractivity contribution in [2.24, 2.45) is 5.16 Å². The molecule has 15 heteroatoms. The number of amides is 2. The molecule has 2 unspecified atom stereocenters. The Labute approximate surface area is 224 Å². The Balaban J connectivity index is 1.33. The topological polar surface area (TPSA) is 187 Å². The number of thioether (sulfide) groups is 1. The summed E-state index contributed by atoms with van der Waals surface area (Å²) in [6, 6.07) is 2.44. The molecule has 2 aromatic heterocycles. The van der Waals surface area contributed by atoms with Crippen molar-refractivity contribution in [2.45, 2.75) is 43.5 Å². The van der Waals surface area contributed by atoms with Crippen LogP contribution < -0.4 is 20.7 Å². The molecule has 5 rings (SSSR count). The summed E-state index contributed by atoms with van der Waals surface area (Å²) in [6.07, 6.45) is 8.45. The molecule has 198 valence electrons. The number of aliphatic hydroxyl groups excluding tert-OH is 1. The third-order valence-corrected chi connectivity index (χ3v) is 8.04. The van der Waals surface area contributed by atoms with E-state index in [-0.39, 0.29) is 41.6 Å². The lowest BCUT2D eigenvalue weighted by molar-refractivity contribution is -0.689. The smallest absolute Gasteiger partial charge is 0.278 e. The van der Waals surface area contributed by atoms with E-state index < -0.39 is 29.2 Å². The van der Waals surface area contributed by atoms with Crippen LogP contribution in [0.15, 0.2) is 53.1 Å². The maximum absolute atomic E-state index is 13.2. The van der Waals surface area contributed by atoms with Gasteiger partial charge in [-0.15, -0.1) is 11.8 Å². The van der Waals surface area contributed by atoms with Crippen LogP contribution in [0.25, 0.3) is 0 Å². The number of nitrogens with one attached hydrogen (secondary N) is 1. The number of allylic oxidation sites excluding steroid dienone is 1. The monoisotopic (exact) mass is 557 g/mol. The number of aliphatic carboxylic acids is 1. The summed E-state index contributed by atoms with van der Waals surface area (Å²) < 4.78 is 5.78. The molecule has 1 fully saturated rings. The number of pyridine rings is 1. The first-order chi connectivity index (χ1) is 18.4. The molecule has 3 aliphatic rings. The fourth-order valence-corrected chi connectivity index (χ4v) is 6.02. The summed E-state index contributed by atoms with van der Waals surface area (Å²) in [4.78, 5) is 48.9. The second-order valence-electron chi connectivity index (χ2n) is 8.68. The Bertz CT molecular complexity index is 1360. The summed E-state index contributed by atoms with van der Waals surface area (Å²) in [7, 11) is 0. The van der Waals surface area contributed by atoms with Crippen molar-refractivity contribution in [3.8, 4) is 0 Å². The Kier molecular flexibility index (Phi) is 7.40. The molecule has 0 bridgehead atoms. The lowest BCUT2D eigenvalue weighted by Crippen LogP contribution is -2.71. The largest absolute Gasteiger partial charge is 0.543 e. The summed E-state index contributed by atoms with van der Waals surface area (Å²) in [5, 5.41) is 27.4. The van der Waals surface area contributed by atoms with Gasteiger partial charge in [0.05, 0.1) is 18.3 Å². The Hall–Kier alpha value is -3.82. The number of aliphatic hydroxyl groups is 1. The van der Waals surface area contributed by atoms with E-state index in [4.69, 9.17) is 10.6 Å². The first kappa shape index (κ1) is 25.8. The molecule has 0 aromatic carbocycles. The predicted molar refractivity (Wildman–Crippen MR) is 134 cm³/mol. The average Bonchev–Trinajstić information content (AvgIpc) is 3.59. The van der Waals surface area contributed by atoms with Crippen molar-refractivity contribution >= 4 is 51.9 Å². The number of hydrogen-bond donors (Lipinski definition) is 3. The molecule has 4 N–H and O–H groups in total. The van der Waals surface area contributed by atoms with Gasteiger partial charge in [-0.3, -0.25) is 14.5 Å². The van der Waals surface area contributed by atoms with Gasteiger partial charge in [0.15, 0.2) is 24.1 Å². The van der Waals surface area contributed by atoms with Gasteiger partial charge in [0.2, 0.25) is 11.5 Å². The van der Waals surface area contributed by atoms with E-state index in [1.54, 1.807) is 29.1 Å². The van der Waals surface area contributed by atoms with Crippen molar-refractivity contribution in [3.05, 3.63) is 59.3 Å². The van der Waals surface area contributed by atoms with E-state index in [9.17, 15) is 24.6 Å². The van der Waals surface area contributed by atoms with Crippen LogP contribution in [0, 0.1) is 0 Å². The number of carboxylic acids is 1. The zero-order chi connectivity index (χ0) is 26.8. The number of nitrogen functional groups attached to an aromatic ring is 1. The normalized spacial score (nSPS) is 22.8. The first-order valence-corrected chi connectivity index (χ1v) is 13.5. The summed E-state index contributed by atoms with van der Waals surface area (Å²) in [6.45, 7) is 0.110. The zero-order valence-electron chi connectivity index (χ0n) is 19.9. The molecule has 1 saturated heterocycles. The van der Waals surface area contributed by atoms with Crippen LogP contribution in [-0.2, 0) is 32.4 Å². The van der Waals surface area contributed by atoms with Crippen LogP contribution in [0.2, 0.25) is 0 Å². The fraction of sp³-hybridized carbons (Fsp3) is 0.348. The number of carbonyl (C=O) groups excluding carboxylic acids is 3. The molecule has 0 saturated carbocycles. The van der Waals surface area contributed by atoms with Crippen LogP contribution >= 0.6 is 23.3 Å². The minimum Gasteiger partial charge on any atom is -0.543 e. The highest BCUT2D eigenvalue weighted by molar-refractivity contribution is 8.00. The number of oxime groups is 1. The van der Waals surface area contributed by atoms with Gasteiger partial charge < -0.3 is 30.9 Å². The van der Waals surface area contributed by atoms with Crippen molar-refractivity contribution in [1.82, 2.24) is 19.6 Å². The average molecular weight is 558 g/mol. The van der Waals surface area contributed by atoms with Gasteiger partial charge in [0, 0.05) is 35.0 Å². The lowest BCUT2D eigenvalue weighted by Gasteiger charge is -2.50. The highest BCUT2D eigenvalue weighted by Crippen LogP contribution is 2.40. The molecule has 38 heavy (non-hydrogen) atoms. The Morgan fingerprint density at radius 3 is 2.79 bits per heavy atom. The van der Waals surface area contributed by atoms with Gasteiger partial charge in [0.1, 0.15) is 17.5 Å². The molecule has 13 nitrogen and oxygen atoms in total. The molecular weight excluding hydrogens is 534 g/mol. The number of β-lactam (4-membered cyclic amide) rings is 1. The molecule has 0 spiro atoms. The third-order valence-electron chi connectivity index (χ3n) is 6.16. The molecule has 3 atom stereocenters. The highest BCUT2D eigenvalue weighted by Gasteiger charge is 2.53. The van der Waals surface area contributed by atoms with Crippen molar-refractivity contribution in [3.63, 3.8) is 0 Å².